The lowest BCUT2D eigenvalue weighted by Gasteiger charge is -2.09. The van der Waals surface area contributed by atoms with Crippen LogP contribution in [0.15, 0.2) is 0 Å². The Labute approximate surface area is 55.6 Å². The molecule has 1 nitrogen and oxygen atoms in total. The molecule has 0 aromatic rings. The van der Waals surface area contributed by atoms with E-state index in [1.165, 1.54) is 30.7 Å². The maximum Gasteiger partial charge on any atom is 0.138 e. The zero-order valence-corrected chi connectivity index (χ0v) is 12.6. The quantitative estimate of drug-likeness (QED) is 0.358. The lowest BCUT2D eigenvalue weighted by Crippen LogP contribution is -2.19. The van der Waals surface area contributed by atoms with Crippen molar-refractivity contribution >= 4 is 40.2 Å². The predicted molar refractivity (Wildman–Crippen MR) is 46.7 cm³/mol. The fraction of sp³-hybridized carbons (Fsp3) is 0.500. The molecule has 0 saturated carbocycles. The van der Waals surface area contributed by atoms with Crippen LogP contribution in [-0.2, 0) is 0 Å². The first-order valence-electron chi connectivity index (χ1n) is 2.43. The minimum absolute atomic E-state index is 0.249. The van der Waals surface area contributed by atoms with E-state index in [1.54, 1.807) is 0 Å². The Kier molecular flexibility index (Phi) is 2.75. The van der Waals surface area contributed by atoms with E-state index in [0.717, 1.165) is 3.91 Å². The van der Waals surface area contributed by atoms with Gasteiger partial charge in [0.1, 0.15) is 9.52 Å². The number of nitriles is 1. The molecule has 0 atom stereocenters. The van der Waals surface area contributed by atoms with Gasteiger partial charge in [-0.05, 0) is 30.7 Å². The Hall–Kier alpha value is 0.358. The third-order valence-corrected chi connectivity index (χ3v) is 5.01. The SMILES string of the molecule is N#C[SiH2]C([SiH3])([SiH3])[SiH3]. The average molecular weight is 161 g/mol. The third kappa shape index (κ3) is 6.36. The van der Waals surface area contributed by atoms with Crippen LogP contribution in [0.3, 0.4) is 0 Å². The first-order chi connectivity index (χ1) is 3.06. The second kappa shape index (κ2) is 2.61. The highest BCUT2D eigenvalue weighted by Gasteiger charge is 2.08. The van der Waals surface area contributed by atoms with E-state index >= 15 is 0 Å². The highest BCUT2D eigenvalue weighted by atomic mass is 28.4. The van der Waals surface area contributed by atoms with Gasteiger partial charge in [-0.1, -0.05) is 3.91 Å². The van der Waals surface area contributed by atoms with Gasteiger partial charge in [-0.25, -0.2) is 5.26 Å². The van der Waals surface area contributed by atoms with Crippen molar-refractivity contribution in [3.8, 4) is 5.69 Å². The lowest BCUT2D eigenvalue weighted by molar-refractivity contribution is 1.54. The van der Waals surface area contributed by atoms with Crippen molar-refractivity contribution in [2.24, 2.45) is 0 Å². The zero-order chi connectivity index (χ0) is 5.91. The third-order valence-electron chi connectivity index (χ3n) is 0.609. The summed E-state index contributed by atoms with van der Waals surface area (Å²) in [5.74, 6) is 0. The number of rotatable bonds is 1. The molecular weight excluding hydrogens is 150 g/mol. The Morgan fingerprint density at radius 2 is 1.86 bits per heavy atom. The van der Waals surface area contributed by atoms with Crippen LogP contribution in [-0.4, -0.2) is 40.2 Å². The molecule has 0 fully saturated rings. The molecule has 0 saturated heterocycles. The molecule has 0 N–H and O–H groups in total. The average Bonchev–Trinajstić information content (AvgIpc) is 1.30. The molecule has 0 aliphatic carbocycles. The van der Waals surface area contributed by atoms with Gasteiger partial charge in [-0.15, -0.1) is 0 Å². The molecule has 0 amide bonds. The molecule has 0 aliphatic rings. The molecule has 0 spiro atoms. The van der Waals surface area contributed by atoms with E-state index in [1.807, 2.05) is 0 Å². The minimum Gasteiger partial charge on any atom is -0.208 e. The van der Waals surface area contributed by atoms with Gasteiger partial charge in [-0.2, -0.15) is 0 Å². The van der Waals surface area contributed by atoms with Crippen molar-refractivity contribution in [3.05, 3.63) is 0 Å². The normalized spacial score (nSPS) is 20.4. The van der Waals surface area contributed by atoms with Crippen molar-refractivity contribution in [1.82, 2.24) is 0 Å². The lowest BCUT2D eigenvalue weighted by atomic mass is 11.7. The van der Waals surface area contributed by atoms with Gasteiger partial charge < -0.3 is 0 Å². The maximum absolute atomic E-state index is 8.28. The van der Waals surface area contributed by atoms with E-state index in [2.05, 4.69) is 5.69 Å². The van der Waals surface area contributed by atoms with Crippen LogP contribution in [0.1, 0.15) is 0 Å². The highest BCUT2D eigenvalue weighted by molar-refractivity contribution is 6.84. The van der Waals surface area contributed by atoms with Crippen LogP contribution < -0.4 is 0 Å². The van der Waals surface area contributed by atoms with Crippen molar-refractivity contribution < 1.29 is 0 Å². The van der Waals surface area contributed by atoms with Crippen LogP contribution >= 0.6 is 0 Å². The van der Waals surface area contributed by atoms with Gasteiger partial charge in [0.2, 0.25) is 0 Å². The van der Waals surface area contributed by atoms with Crippen LogP contribution in [0.4, 0.5) is 0 Å². The van der Waals surface area contributed by atoms with Crippen molar-refractivity contribution in [2.45, 2.75) is 3.91 Å². The number of hydrogen-bond donors (Lipinski definition) is 0. The number of hydrogen-bond acceptors (Lipinski definition) is 1. The smallest absolute Gasteiger partial charge is 0.138 e. The van der Waals surface area contributed by atoms with Crippen LogP contribution in [0, 0.1) is 11.0 Å². The largest absolute Gasteiger partial charge is 0.208 e. The van der Waals surface area contributed by atoms with Crippen LogP contribution in [0.2, 0.25) is 3.91 Å². The molecule has 0 rings (SSSR count). The summed E-state index contributed by atoms with van der Waals surface area (Å²) in [7, 11) is 3.65. The molecule has 40 valence electrons. The summed E-state index contributed by atoms with van der Waals surface area (Å²) < 4.78 is 0.745. The van der Waals surface area contributed by atoms with E-state index in [4.69, 9.17) is 5.26 Å². The Balaban J connectivity index is 3.40. The summed E-state index contributed by atoms with van der Waals surface area (Å²) >= 11 is 0. The summed E-state index contributed by atoms with van der Waals surface area (Å²) in [5, 5.41) is 8.28. The highest BCUT2D eigenvalue weighted by Crippen LogP contribution is 2.01. The molecular formula is C2H11NSi4. The van der Waals surface area contributed by atoms with Crippen LogP contribution in [0.5, 0.6) is 0 Å². The topological polar surface area (TPSA) is 23.8 Å². The number of nitrogens with zero attached hydrogens (tertiary/aromatic N) is 1. The standard InChI is InChI=1S/C2H11NSi4/c3-1-7-2(4,5)6/h7H2,4-6H3. The molecule has 7 heavy (non-hydrogen) atoms. The summed E-state index contributed by atoms with van der Waals surface area (Å²) in [6.45, 7) is 0. The maximum atomic E-state index is 8.28. The molecule has 0 radical (unpaired) electrons. The van der Waals surface area contributed by atoms with Crippen molar-refractivity contribution in [3.63, 3.8) is 0 Å². The van der Waals surface area contributed by atoms with Crippen LogP contribution in [0.25, 0.3) is 0 Å². The van der Waals surface area contributed by atoms with Crippen molar-refractivity contribution in [1.29, 1.82) is 5.26 Å². The first kappa shape index (κ1) is 7.36. The molecule has 0 bridgehead atoms. The fourth-order valence-corrected chi connectivity index (χ4v) is 2.13. The summed E-state index contributed by atoms with van der Waals surface area (Å²) in [5.41, 5.74) is 2.35. The van der Waals surface area contributed by atoms with Gasteiger partial charge >= 0.3 is 0 Å². The second-order valence-corrected chi connectivity index (χ2v) is 24.1. The predicted octanol–water partition coefficient (Wildman–Crippen LogP) is -4.24. The monoisotopic (exact) mass is 161 g/mol. The van der Waals surface area contributed by atoms with Gasteiger partial charge in [0.25, 0.3) is 0 Å². The molecule has 0 unspecified atom stereocenters. The van der Waals surface area contributed by atoms with Gasteiger partial charge in [-0.3, -0.25) is 0 Å². The Morgan fingerprint density at radius 3 is 1.86 bits per heavy atom. The van der Waals surface area contributed by atoms with Gasteiger partial charge in [0, 0.05) is 5.69 Å². The Morgan fingerprint density at radius 1 is 1.43 bits per heavy atom. The molecule has 0 aromatic heterocycles. The molecule has 0 heterocycles. The minimum atomic E-state index is -0.249. The van der Waals surface area contributed by atoms with Gasteiger partial charge in [0.15, 0.2) is 0 Å². The molecule has 0 aromatic carbocycles. The molecule has 0 aliphatic heterocycles. The van der Waals surface area contributed by atoms with E-state index in [-0.39, 0.29) is 9.52 Å². The first-order valence-corrected chi connectivity index (χ1v) is 6.84. The summed E-state index contributed by atoms with van der Waals surface area (Å²) in [6.07, 6.45) is 0. The van der Waals surface area contributed by atoms with Gasteiger partial charge in [0.05, 0.1) is 0 Å². The fourth-order valence-electron chi connectivity index (χ4n) is 0.237. The zero-order valence-electron chi connectivity index (χ0n) is 5.15. The summed E-state index contributed by atoms with van der Waals surface area (Å²) in [6, 6.07) is 0. The van der Waals surface area contributed by atoms with E-state index in [9.17, 15) is 0 Å². The Bertz CT molecular complexity index is 86.8. The summed E-state index contributed by atoms with van der Waals surface area (Å²) in [4.78, 5) is 0. The van der Waals surface area contributed by atoms with E-state index < -0.39 is 0 Å². The van der Waals surface area contributed by atoms with Crippen molar-refractivity contribution in [2.75, 3.05) is 0 Å². The van der Waals surface area contributed by atoms with E-state index in [0.29, 0.717) is 0 Å². The second-order valence-electron chi connectivity index (χ2n) is 2.90. The molecule has 5 heteroatoms.